The highest BCUT2D eigenvalue weighted by atomic mass is 19.4. The van der Waals surface area contributed by atoms with E-state index in [2.05, 4.69) is 0 Å². The van der Waals surface area contributed by atoms with Crippen LogP contribution in [0.4, 0.5) is 13.2 Å². The van der Waals surface area contributed by atoms with Crippen molar-refractivity contribution in [1.82, 2.24) is 0 Å². The van der Waals surface area contributed by atoms with Crippen LogP contribution in [0.2, 0.25) is 0 Å². The summed E-state index contributed by atoms with van der Waals surface area (Å²) < 4.78 is 37.8. The van der Waals surface area contributed by atoms with E-state index in [1.54, 1.807) is 18.2 Å². The van der Waals surface area contributed by atoms with Gasteiger partial charge in [0.05, 0.1) is 17.2 Å². The van der Waals surface area contributed by atoms with Crippen LogP contribution in [-0.2, 0) is 6.18 Å². The molecule has 5 heteroatoms. The number of rotatable bonds is 2. The lowest BCUT2D eigenvalue weighted by molar-refractivity contribution is -0.137. The second-order valence-corrected chi connectivity index (χ2v) is 4.11. The van der Waals surface area contributed by atoms with Crippen molar-refractivity contribution in [3.63, 3.8) is 0 Å². The number of aldehydes is 1. The summed E-state index contributed by atoms with van der Waals surface area (Å²) in [5.74, 6) is 0. The van der Waals surface area contributed by atoms with Gasteiger partial charge in [-0.25, -0.2) is 0 Å². The molecule has 100 valence electrons. The van der Waals surface area contributed by atoms with Crippen LogP contribution in [0.15, 0.2) is 42.5 Å². The lowest BCUT2D eigenvalue weighted by atomic mass is 9.97. The number of nitriles is 1. The summed E-state index contributed by atoms with van der Waals surface area (Å²) >= 11 is 0. The Kier molecular flexibility index (Phi) is 3.57. The molecule has 0 fully saturated rings. The lowest BCUT2D eigenvalue weighted by Gasteiger charge is -2.10. The number of halogens is 3. The Labute approximate surface area is 113 Å². The average molecular weight is 275 g/mol. The fraction of sp³-hybridized carbons (Fsp3) is 0.0667. The number of benzene rings is 2. The molecule has 0 bridgehead atoms. The van der Waals surface area contributed by atoms with Gasteiger partial charge in [-0.2, -0.15) is 18.4 Å². The normalized spacial score (nSPS) is 10.9. The van der Waals surface area contributed by atoms with Gasteiger partial charge in [-0.05, 0) is 35.4 Å². The quantitative estimate of drug-likeness (QED) is 0.775. The van der Waals surface area contributed by atoms with E-state index in [0.29, 0.717) is 23.0 Å². The fourth-order valence-electron chi connectivity index (χ4n) is 1.86. The first-order valence-electron chi connectivity index (χ1n) is 5.62. The Balaban J connectivity index is 2.57. The summed E-state index contributed by atoms with van der Waals surface area (Å²) in [6.07, 6.45) is -4.12. The summed E-state index contributed by atoms with van der Waals surface area (Å²) in [4.78, 5) is 11.0. The van der Waals surface area contributed by atoms with E-state index in [0.717, 1.165) is 12.1 Å². The van der Waals surface area contributed by atoms with E-state index in [-0.39, 0.29) is 5.56 Å². The van der Waals surface area contributed by atoms with Crippen LogP contribution >= 0.6 is 0 Å². The molecule has 0 aromatic heterocycles. The zero-order valence-electron chi connectivity index (χ0n) is 10.1. The van der Waals surface area contributed by atoms with Gasteiger partial charge in [0.2, 0.25) is 0 Å². The maximum atomic E-state index is 12.6. The van der Waals surface area contributed by atoms with Crippen LogP contribution < -0.4 is 0 Å². The van der Waals surface area contributed by atoms with Crippen molar-refractivity contribution < 1.29 is 18.0 Å². The van der Waals surface area contributed by atoms with Crippen LogP contribution in [-0.4, -0.2) is 6.29 Å². The molecule has 0 unspecified atom stereocenters. The van der Waals surface area contributed by atoms with Gasteiger partial charge in [0, 0.05) is 5.56 Å². The molecule has 0 spiro atoms. The largest absolute Gasteiger partial charge is 0.416 e. The monoisotopic (exact) mass is 275 g/mol. The number of hydrogen-bond acceptors (Lipinski definition) is 2. The topological polar surface area (TPSA) is 40.9 Å². The van der Waals surface area contributed by atoms with Crippen molar-refractivity contribution in [1.29, 1.82) is 5.26 Å². The van der Waals surface area contributed by atoms with Crippen LogP contribution in [0.3, 0.4) is 0 Å². The van der Waals surface area contributed by atoms with Gasteiger partial charge in [0.25, 0.3) is 0 Å². The van der Waals surface area contributed by atoms with Gasteiger partial charge in [0.1, 0.15) is 0 Å². The Morgan fingerprint density at radius 3 is 2.45 bits per heavy atom. The van der Waals surface area contributed by atoms with Gasteiger partial charge in [-0.1, -0.05) is 18.2 Å². The van der Waals surface area contributed by atoms with Crippen molar-refractivity contribution >= 4 is 6.29 Å². The molecule has 0 heterocycles. The molecule has 0 N–H and O–H groups in total. The predicted octanol–water partition coefficient (Wildman–Crippen LogP) is 4.06. The molecule has 0 amide bonds. The highest BCUT2D eigenvalue weighted by molar-refractivity contribution is 5.88. The molecule has 0 radical (unpaired) electrons. The second kappa shape index (κ2) is 5.17. The molecule has 0 saturated carbocycles. The molecular weight excluding hydrogens is 267 g/mol. The number of nitrogens with zero attached hydrogens (tertiary/aromatic N) is 1. The minimum Gasteiger partial charge on any atom is -0.298 e. The summed E-state index contributed by atoms with van der Waals surface area (Å²) in [5, 5.41) is 8.82. The van der Waals surface area contributed by atoms with E-state index in [1.807, 2.05) is 6.07 Å². The van der Waals surface area contributed by atoms with Gasteiger partial charge in [0.15, 0.2) is 6.29 Å². The average Bonchev–Trinajstić information content (AvgIpc) is 2.45. The van der Waals surface area contributed by atoms with Crippen molar-refractivity contribution in [3.05, 3.63) is 59.2 Å². The van der Waals surface area contributed by atoms with Gasteiger partial charge in [-0.15, -0.1) is 0 Å². The molecule has 2 rings (SSSR count). The van der Waals surface area contributed by atoms with E-state index < -0.39 is 11.7 Å². The molecule has 0 aliphatic carbocycles. The molecule has 0 atom stereocenters. The second-order valence-electron chi connectivity index (χ2n) is 4.11. The molecule has 2 aromatic carbocycles. The van der Waals surface area contributed by atoms with Crippen molar-refractivity contribution in [2.75, 3.05) is 0 Å². The Morgan fingerprint density at radius 1 is 1.10 bits per heavy atom. The van der Waals surface area contributed by atoms with E-state index in [4.69, 9.17) is 5.26 Å². The third kappa shape index (κ3) is 2.69. The maximum Gasteiger partial charge on any atom is 0.416 e. The summed E-state index contributed by atoms with van der Waals surface area (Å²) in [7, 11) is 0. The number of alkyl halides is 3. The molecule has 0 aliphatic heterocycles. The first kappa shape index (κ1) is 13.8. The predicted molar refractivity (Wildman–Crippen MR) is 67.0 cm³/mol. The third-order valence-corrected chi connectivity index (χ3v) is 2.81. The molecule has 2 aromatic rings. The van der Waals surface area contributed by atoms with Gasteiger partial charge < -0.3 is 0 Å². The van der Waals surface area contributed by atoms with Crippen molar-refractivity contribution in [3.8, 4) is 17.2 Å². The number of carbonyl (C=O) groups excluding carboxylic acids is 1. The smallest absolute Gasteiger partial charge is 0.298 e. The van der Waals surface area contributed by atoms with E-state index in [1.165, 1.54) is 12.1 Å². The van der Waals surface area contributed by atoms with Crippen LogP contribution in [0.5, 0.6) is 0 Å². The summed E-state index contributed by atoms with van der Waals surface area (Å²) in [6, 6.07) is 11.3. The van der Waals surface area contributed by atoms with Gasteiger partial charge >= 0.3 is 6.18 Å². The Bertz CT molecular complexity index is 699. The molecule has 2 nitrogen and oxygen atoms in total. The maximum absolute atomic E-state index is 12.6. The third-order valence-electron chi connectivity index (χ3n) is 2.81. The lowest BCUT2D eigenvalue weighted by Crippen LogP contribution is -2.05. The zero-order valence-corrected chi connectivity index (χ0v) is 10.1. The number of hydrogen-bond donors (Lipinski definition) is 0. The standard InChI is InChI=1S/C15H8F3NO/c16-15(17,18)13-4-5-14(12(7-13)9-20)11-3-1-2-10(6-11)8-19/h1-7,9H. The molecule has 20 heavy (non-hydrogen) atoms. The van der Waals surface area contributed by atoms with Crippen molar-refractivity contribution in [2.45, 2.75) is 6.18 Å². The Hall–Kier alpha value is -2.61. The van der Waals surface area contributed by atoms with Crippen LogP contribution in [0.25, 0.3) is 11.1 Å². The van der Waals surface area contributed by atoms with E-state index in [9.17, 15) is 18.0 Å². The minimum atomic E-state index is -4.50. The first-order valence-corrected chi connectivity index (χ1v) is 5.62. The molecule has 0 saturated heterocycles. The van der Waals surface area contributed by atoms with E-state index >= 15 is 0 Å². The summed E-state index contributed by atoms with van der Waals surface area (Å²) in [5.41, 5.74) is 0.332. The highest BCUT2D eigenvalue weighted by Crippen LogP contribution is 2.33. The fourth-order valence-corrected chi connectivity index (χ4v) is 1.86. The number of carbonyl (C=O) groups is 1. The zero-order chi connectivity index (χ0) is 14.8. The first-order chi connectivity index (χ1) is 9.45. The van der Waals surface area contributed by atoms with Crippen LogP contribution in [0.1, 0.15) is 21.5 Å². The Morgan fingerprint density at radius 2 is 1.85 bits per heavy atom. The molecule has 0 aliphatic rings. The van der Waals surface area contributed by atoms with Gasteiger partial charge in [-0.3, -0.25) is 4.79 Å². The molecular formula is C15H8F3NO. The minimum absolute atomic E-state index is 0.0603. The SMILES string of the molecule is N#Cc1cccc(-c2ccc(C(F)(F)F)cc2C=O)c1. The van der Waals surface area contributed by atoms with Crippen molar-refractivity contribution in [2.24, 2.45) is 0 Å². The highest BCUT2D eigenvalue weighted by Gasteiger charge is 2.31. The van der Waals surface area contributed by atoms with Crippen LogP contribution in [0, 0.1) is 11.3 Å². The summed E-state index contributed by atoms with van der Waals surface area (Å²) in [6.45, 7) is 0.